The number of alkyl halides is 1. The molecule has 0 rings (SSSR count). The zero-order chi connectivity index (χ0) is 4.12. The molecule has 0 aliphatic rings. The van der Waals surface area contributed by atoms with Crippen molar-refractivity contribution in [1.82, 2.24) is 0 Å². The van der Waals surface area contributed by atoms with Gasteiger partial charge in [-0.25, -0.2) is 0 Å². The van der Waals surface area contributed by atoms with E-state index in [2.05, 4.69) is 12.6 Å². The first-order chi connectivity index (χ1) is 2.41. The highest BCUT2D eigenvalue weighted by Gasteiger charge is 1.55. The summed E-state index contributed by atoms with van der Waals surface area (Å²) in [6.07, 6.45) is 1.75. The summed E-state index contributed by atoms with van der Waals surface area (Å²) in [5.41, 5.74) is 0. The number of thiol groups is 1. The van der Waals surface area contributed by atoms with Crippen molar-refractivity contribution in [2.24, 2.45) is 0 Å². The summed E-state index contributed by atoms with van der Waals surface area (Å²) in [7, 11) is 0. The van der Waals surface area contributed by atoms with Gasteiger partial charge < -0.3 is 0 Å². The number of halogens is 1. The Morgan fingerprint density at radius 1 is 1.80 bits per heavy atom. The first-order valence-corrected chi connectivity index (χ1v) is 2.32. The van der Waals surface area contributed by atoms with Gasteiger partial charge in [0.1, 0.15) is 0 Å². The molecule has 0 aliphatic carbocycles. The summed E-state index contributed by atoms with van der Waals surface area (Å²) in [5, 5.41) is 1.62. The quantitative estimate of drug-likeness (QED) is 0.384. The minimum atomic E-state index is 0.559. The molecule has 0 saturated carbocycles. The van der Waals surface area contributed by atoms with E-state index in [1.807, 2.05) is 0 Å². The maximum atomic E-state index is 5.17. The fourth-order valence-corrected chi connectivity index (χ4v) is 0.359. The van der Waals surface area contributed by atoms with Gasteiger partial charge in [0.15, 0.2) is 0 Å². The molecule has 0 aromatic heterocycles. The Bertz CT molecular complexity index is 33.9. The highest BCUT2D eigenvalue weighted by atomic mass is 35.5. The highest BCUT2D eigenvalue weighted by Crippen LogP contribution is 1.78. The Morgan fingerprint density at radius 3 is 2.40 bits per heavy atom. The number of rotatable bonds is 1. The summed E-state index contributed by atoms with van der Waals surface area (Å²) in [6, 6.07) is 0. The van der Waals surface area contributed by atoms with Crippen LogP contribution in [0.4, 0.5) is 0 Å². The molecule has 0 amide bonds. The highest BCUT2D eigenvalue weighted by molar-refractivity contribution is 7.83. The molecule has 0 radical (unpaired) electrons. The van der Waals surface area contributed by atoms with E-state index in [4.69, 9.17) is 11.6 Å². The smallest absolute Gasteiger partial charge is 0.0412 e. The average molecular weight is 109 g/mol. The minimum absolute atomic E-state index is 0.559. The molecule has 0 atom stereocenters. The van der Waals surface area contributed by atoms with E-state index in [1.165, 1.54) is 0 Å². The van der Waals surface area contributed by atoms with Gasteiger partial charge in [0.2, 0.25) is 0 Å². The van der Waals surface area contributed by atoms with Gasteiger partial charge in [-0.3, -0.25) is 0 Å². The molecule has 0 aromatic carbocycles. The molecule has 0 unspecified atom stereocenters. The van der Waals surface area contributed by atoms with Gasteiger partial charge in [-0.05, 0) is 5.41 Å². The Balaban J connectivity index is 2.62. The topological polar surface area (TPSA) is 0 Å². The Hall–Kier alpha value is 0.380. The van der Waals surface area contributed by atoms with Crippen molar-refractivity contribution in [2.45, 2.75) is 0 Å². The molecule has 0 aromatic rings. The number of allylic oxidation sites excluding steroid dienone is 1. The second-order valence-electron chi connectivity index (χ2n) is 0.539. The summed E-state index contributed by atoms with van der Waals surface area (Å²) < 4.78 is 0. The predicted molar refractivity (Wildman–Crippen MR) is 28.8 cm³/mol. The van der Waals surface area contributed by atoms with E-state index in [9.17, 15) is 0 Å². The summed E-state index contributed by atoms with van der Waals surface area (Å²) in [5.74, 6) is 0.559. The maximum absolute atomic E-state index is 5.17. The molecule has 2 heteroatoms. The van der Waals surface area contributed by atoms with Gasteiger partial charge in [0.25, 0.3) is 0 Å². The molecule has 0 N–H and O–H groups in total. The van der Waals surface area contributed by atoms with Crippen LogP contribution in [0.1, 0.15) is 0 Å². The van der Waals surface area contributed by atoms with Crippen LogP contribution in [0, 0.1) is 0 Å². The van der Waals surface area contributed by atoms with Crippen molar-refractivity contribution in [1.29, 1.82) is 0 Å². The van der Waals surface area contributed by atoms with E-state index >= 15 is 0 Å². The van der Waals surface area contributed by atoms with Gasteiger partial charge in [-0.1, -0.05) is 6.08 Å². The monoisotopic (exact) mass is 108 g/mol. The van der Waals surface area contributed by atoms with Crippen LogP contribution in [0.15, 0.2) is 11.5 Å². The van der Waals surface area contributed by atoms with Gasteiger partial charge in [-0.15, -0.1) is 11.6 Å². The lowest BCUT2D eigenvalue weighted by Crippen LogP contribution is -1.49. The average Bonchev–Trinajstić information content (AvgIpc) is 1.41. The van der Waals surface area contributed by atoms with Crippen LogP contribution in [0.25, 0.3) is 0 Å². The molecule has 5 heavy (non-hydrogen) atoms. The van der Waals surface area contributed by atoms with Crippen LogP contribution < -0.4 is 0 Å². The third kappa shape index (κ3) is 4.38. The maximum Gasteiger partial charge on any atom is 0.0412 e. The number of hydrogen-bond acceptors (Lipinski definition) is 1. The fourth-order valence-electron chi connectivity index (χ4n) is 0.0398. The molecule has 0 saturated heterocycles. The standard InChI is InChI=1S/C3H5ClS/c4-2-1-3-5/h1,3,5H,2H2/b3-1-. The molecular weight excluding hydrogens is 104 g/mol. The van der Waals surface area contributed by atoms with Gasteiger partial charge in [0.05, 0.1) is 0 Å². The van der Waals surface area contributed by atoms with E-state index in [0.717, 1.165) is 0 Å². The van der Waals surface area contributed by atoms with Crippen molar-refractivity contribution in [2.75, 3.05) is 5.88 Å². The Kier molecular flexibility index (Phi) is 4.71. The zero-order valence-corrected chi connectivity index (χ0v) is 4.34. The summed E-state index contributed by atoms with van der Waals surface area (Å²) in [6.45, 7) is 0. The molecule has 0 heterocycles. The third-order valence-corrected chi connectivity index (χ3v) is 0.583. The molecule has 0 aliphatic heterocycles. The summed E-state index contributed by atoms with van der Waals surface area (Å²) in [4.78, 5) is 0. The van der Waals surface area contributed by atoms with E-state index in [1.54, 1.807) is 11.5 Å². The normalized spacial score (nSPS) is 10.0. The second-order valence-corrected chi connectivity index (χ2v) is 1.15. The molecule has 0 fully saturated rings. The largest absolute Gasteiger partial charge is 0.152 e. The Labute approximate surface area is 42.2 Å². The van der Waals surface area contributed by atoms with E-state index < -0.39 is 0 Å². The van der Waals surface area contributed by atoms with Crippen LogP contribution >= 0.6 is 24.2 Å². The lowest BCUT2D eigenvalue weighted by Gasteiger charge is -1.62. The molecular formula is C3H5ClS. The SMILES string of the molecule is S/C=C\CCl. The van der Waals surface area contributed by atoms with E-state index in [0.29, 0.717) is 5.88 Å². The minimum Gasteiger partial charge on any atom is -0.152 e. The van der Waals surface area contributed by atoms with Crippen molar-refractivity contribution in [3.63, 3.8) is 0 Å². The van der Waals surface area contributed by atoms with Gasteiger partial charge in [0, 0.05) is 5.88 Å². The zero-order valence-electron chi connectivity index (χ0n) is 2.69. The van der Waals surface area contributed by atoms with Crippen molar-refractivity contribution in [3.05, 3.63) is 11.5 Å². The first-order valence-electron chi connectivity index (χ1n) is 1.27. The molecule has 0 nitrogen and oxygen atoms in total. The predicted octanol–water partition coefficient (Wildman–Crippen LogP) is 1.67. The lowest BCUT2D eigenvalue weighted by atomic mass is 10.8. The van der Waals surface area contributed by atoms with Crippen molar-refractivity contribution < 1.29 is 0 Å². The molecule has 30 valence electrons. The van der Waals surface area contributed by atoms with Crippen LogP contribution in [-0.4, -0.2) is 5.88 Å². The van der Waals surface area contributed by atoms with Gasteiger partial charge >= 0.3 is 0 Å². The van der Waals surface area contributed by atoms with Crippen molar-refractivity contribution >= 4 is 24.2 Å². The fraction of sp³-hybridized carbons (Fsp3) is 0.333. The van der Waals surface area contributed by atoms with Crippen LogP contribution in [0.2, 0.25) is 0 Å². The third-order valence-electron chi connectivity index (χ3n) is 0.194. The van der Waals surface area contributed by atoms with Crippen LogP contribution in [0.5, 0.6) is 0 Å². The Morgan fingerprint density at radius 2 is 2.40 bits per heavy atom. The summed E-state index contributed by atoms with van der Waals surface area (Å²) >= 11 is 8.90. The lowest BCUT2D eigenvalue weighted by molar-refractivity contribution is 1.79. The number of hydrogen-bond donors (Lipinski definition) is 1. The van der Waals surface area contributed by atoms with Gasteiger partial charge in [-0.2, -0.15) is 12.6 Å². The second kappa shape index (κ2) is 4.38. The molecule has 0 bridgehead atoms. The van der Waals surface area contributed by atoms with E-state index in [-0.39, 0.29) is 0 Å². The molecule has 0 spiro atoms. The van der Waals surface area contributed by atoms with Crippen molar-refractivity contribution in [3.8, 4) is 0 Å². The first kappa shape index (κ1) is 5.38. The van der Waals surface area contributed by atoms with Crippen LogP contribution in [-0.2, 0) is 0 Å². The van der Waals surface area contributed by atoms with Crippen LogP contribution in [0.3, 0.4) is 0 Å².